The summed E-state index contributed by atoms with van der Waals surface area (Å²) in [5, 5.41) is 12.9. The fourth-order valence-corrected chi connectivity index (χ4v) is 3.99. The number of hydrogen-bond donors (Lipinski definition) is 2. The second-order valence-corrected chi connectivity index (χ2v) is 8.25. The number of rotatable bonds is 10. The molecule has 0 spiro atoms. The number of esters is 1. The predicted molar refractivity (Wildman–Crippen MR) is 135 cm³/mol. The van der Waals surface area contributed by atoms with Gasteiger partial charge in [0.2, 0.25) is 0 Å². The lowest BCUT2D eigenvalue weighted by Gasteiger charge is -2.26. The molecule has 0 saturated carbocycles. The summed E-state index contributed by atoms with van der Waals surface area (Å²) in [5.74, 6) is -2.59. The maximum atomic E-state index is 15.1. The smallest absolute Gasteiger partial charge is 0.325 e. The highest BCUT2D eigenvalue weighted by Gasteiger charge is 2.30. The molecule has 0 bridgehead atoms. The molecule has 1 unspecified atom stereocenters. The molecule has 0 aliphatic heterocycles. The van der Waals surface area contributed by atoms with Crippen molar-refractivity contribution in [3.63, 3.8) is 0 Å². The van der Waals surface area contributed by atoms with E-state index in [1.165, 1.54) is 76.9 Å². The first-order chi connectivity index (χ1) is 17.7. The van der Waals surface area contributed by atoms with Crippen LogP contribution in [-0.2, 0) is 9.53 Å². The van der Waals surface area contributed by atoms with E-state index in [2.05, 4.69) is 10.3 Å². The van der Waals surface area contributed by atoms with Crippen molar-refractivity contribution in [2.45, 2.75) is 18.9 Å². The van der Waals surface area contributed by atoms with Gasteiger partial charge in [-0.2, -0.15) is 0 Å². The Morgan fingerprint density at radius 3 is 2.05 bits per heavy atom. The Hall–Kier alpha value is -3.99. The Balaban J connectivity index is 1.82. The summed E-state index contributed by atoms with van der Waals surface area (Å²) < 4.78 is 50.8. The predicted octanol–water partition coefficient (Wildman–Crippen LogP) is 4.12. The first kappa shape index (κ1) is 27.6. The largest absolute Gasteiger partial charge is 0.503 e. The maximum Gasteiger partial charge on any atom is 0.325 e. The van der Waals surface area contributed by atoms with E-state index < -0.39 is 29.6 Å². The molecule has 196 valence electrons. The molecule has 2 N–H and O–H groups in total. The number of ether oxygens (including phenoxy) is 4. The van der Waals surface area contributed by atoms with Crippen molar-refractivity contribution in [3.8, 4) is 23.0 Å². The molecule has 0 fully saturated rings. The molecule has 1 aromatic heterocycles. The van der Waals surface area contributed by atoms with Crippen LogP contribution in [-0.4, -0.2) is 55.0 Å². The molecule has 11 heteroatoms. The number of thiocarbonyl (C=S) groups is 1. The molecule has 2 aromatic carbocycles. The molecule has 3 aromatic rings. The van der Waals surface area contributed by atoms with Gasteiger partial charge in [-0.1, -0.05) is 24.4 Å². The number of benzene rings is 2. The summed E-state index contributed by atoms with van der Waals surface area (Å²) in [6.07, 6.45) is 0.400. The van der Waals surface area contributed by atoms with Gasteiger partial charge in [0.25, 0.3) is 0 Å². The van der Waals surface area contributed by atoms with E-state index in [0.717, 1.165) is 0 Å². The normalized spacial score (nSPS) is 11.5. The number of pyridine rings is 1. The number of halogens is 2. The lowest BCUT2D eigenvalue weighted by molar-refractivity contribution is -0.147. The Labute approximate surface area is 218 Å². The molecule has 37 heavy (non-hydrogen) atoms. The minimum absolute atomic E-state index is 0.0139. The van der Waals surface area contributed by atoms with Crippen molar-refractivity contribution in [1.82, 2.24) is 10.3 Å². The van der Waals surface area contributed by atoms with Gasteiger partial charge < -0.3 is 29.4 Å². The van der Waals surface area contributed by atoms with Crippen molar-refractivity contribution >= 4 is 23.2 Å². The van der Waals surface area contributed by atoms with Gasteiger partial charge in [-0.3, -0.25) is 4.79 Å². The van der Waals surface area contributed by atoms with Gasteiger partial charge in [-0.15, -0.1) is 0 Å². The molecule has 0 saturated heterocycles. The van der Waals surface area contributed by atoms with E-state index >= 15 is 8.78 Å². The highest BCUT2D eigenvalue weighted by molar-refractivity contribution is 7.80. The minimum Gasteiger partial charge on any atom is -0.503 e. The molecule has 1 atom stereocenters. The fraction of sp³-hybridized carbons (Fsp3) is 0.269. The second-order valence-electron chi connectivity index (χ2n) is 7.84. The summed E-state index contributed by atoms with van der Waals surface area (Å²) in [6.45, 7) is 1.15. The van der Waals surface area contributed by atoms with Crippen molar-refractivity contribution < 1.29 is 37.6 Å². The van der Waals surface area contributed by atoms with Gasteiger partial charge in [0.15, 0.2) is 11.5 Å². The lowest BCUT2D eigenvalue weighted by atomic mass is 9.86. The Morgan fingerprint density at radius 1 is 1.00 bits per heavy atom. The van der Waals surface area contributed by atoms with Crippen molar-refractivity contribution in [1.29, 1.82) is 0 Å². The van der Waals surface area contributed by atoms with Gasteiger partial charge >= 0.3 is 5.97 Å². The van der Waals surface area contributed by atoms with Crippen LogP contribution in [0.2, 0.25) is 0 Å². The lowest BCUT2D eigenvalue weighted by Crippen LogP contribution is -2.34. The van der Waals surface area contributed by atoms with Crippen LogP contribution in [0.25, 0.3) is 0 Å². The van der Waals surface area contributed by atoms with Gasteiger partial charge in [0, 0.05) is 24.4 Å². The van der Waals surface area contributed by atoms with Crippen LogP contribution in [0.1, 0.15) is 29.7 Å². The third-order valence-corrected chi connectivity index (χ3v) is 5.93. The van der Waals surface area contributed by atoms with Crippen LogP contribution in [0.3, 0.4) is 0 Å². The molecule has 0 aliphatic rings. The van der Waals surface area contributed by atoms with E-state index in [1.807, 2.05) is 0 Å². The van der Waals surface area contributed by atoms with Crippen molar-refractivity contribution in [2.24, 2.45) is 0 Å². The van der Waals surface area contributed by atoms with Crippen LogP contribution in [0.4, 0.5) is 8.78 Å². The number of hydrogen-bond acceptors (Lipinski definition) is 8. The van der Waals surface area contributed by atoms with Crippen LogP contribution in [0.15, 0.2) is 48.7 Å². The number of aromatic hydroxyl groups is 1. The summed E-state index contributed by atoms with van der Waals surface area (Å²) in [6, 6.07) is 9.78. The summed E-state index contributed by atoms with van der Waals surface area (Å²) in [5.41, 5.74) is 0.243. The molecule has 0 amide bonds. The number of nitrogens with one attached hydrogen (secondary N) is 1. The van der Waals surface area contributed by atoms with Gasteiger partial charge in [0.05, 0.1) is 27.2 Å². The number of aromatic nitrogens is 1. The third kappa shape index (κ3) is 6.42. The zero-order valence-electron chi connectivity index (χ0n) is 20.6. The highest BCUT2D eigenvalue weighted by Crippen LogP contribution is 2.35. The van der Waals surface area contributed by atoms with Gasteiger partial charge in [-0.25, -0.2) is 13.8 Å². The fourth-order valence-electron chi connectivity index (χ4n) is 3.77. The molecular weight excluding hydrogens is 506 g/mol. The monoisotopic (exact) mass is 532 g/mol. The molecule has 0 radical (unpaired) electrons. The molecule has 8 nitrogen and oxygen atoms in total. The van der Waals surface area contributed by atoms with Crippen molar-refractivity contribution in [2.75, 3.05) is 27.9 Å². The van der Waals surface area contributed by atoms with Crippen LogP contribution < -0.4 is 19.5 Å². The Kier molecular flexibility index (Phi) is 9.18. The first-order valence-corrected chi connectivity index (χ1v) is 11.5. The number of nitrogens with zero attached hydrogens (tertiary/aromatic N) is 1. The van der Waals surface area contributed by atoms with Crippen molar-refractivity contribution in [3.05, 3.63) is 77.1 Å². The SMILES string of the molecule is COc1ccc(C(c2ccc(OC)cc2F)C(C)OC(=O)CNC(=S)c2nccc(OC)c2O)c(F)c1. The van der Waals surface area contributed by atoms with E-state index in [9.17, 15) is 9.90 Å². The second kappa shape index (κ2) is 12.3. The first-order valence-electron chi connectivity index (χ1n) is 11.1. The zero-order valence-corrected chi connectivity index (χ0v) is 21.4. The van der Waals surface area contributed by atoms with E-state index in [-0.39, 0.29) is 51.4 Å². The average molecular weight is 533 g/mol. The Bertz CT molecular complexity index is 1240. The van der Waals surface area contributed by atoms with Crippen LogP contribution in [0, 0.1) is 11.6 Å². The molecule has 0 aliphatic carbocycles. The quantitative estimate of drug-likeness (QED) is 0.295. The highest BCUT2D eigenvalue weighted by atomic mass is 32.1. The van der Waals surface area contributed by atoms with E-state index in [4.69, 9.17) is 31.2 Å². The summed E-state index contributed by atoms with van der Waals surface area (Å²) in [7, 11) is 4.18. The van der Waals surface area contributed by atoms with Gasteiger partial charge in [0.1, 0.15) is 46.5 Å². The molecular formula is C26H26F2N2O6S. The van der Waals surface area contributed by atoms with Crippen LogP contribution in [0.5, 0.6) is 23.0 Å². The molecule has 3 rings (SSSR count). The average Bonchev–Trinajstić information content (AvgIpc) is 2.89. The third-order valence-electron chi connectivity index (χ3n) is 5.59. The number of carbonyl (C=O) groups excluding carboxylic acids is 1. The number of carbonyl (C=O) groups is 1. The van der Waals surface area contributed by atoms with E-state index in [1.54, 1.807) is 0 Å². The summed E-state index contributed by atoms with van der Waals surface area (Å²) >= 11 is 5.21. The zero-order chi connectivity index (χ0) is 27.1. The Morgan fingerprint density at radius 2 is 1.57 bits per heavy atom. The van der Waals surface area contributed by atoms with E-state index in [0.29, 0.717) is 0 Å². The topological polar surface area (TPSA) is 99.1 Å². The standard InChI is InChI=1S/C26H26F2N2O6S/c1-14(36-22(31)13-30-26(37)24-25(32)21(35-4)9-10-29-24)23(17-7-5-15(33-2)11-19(17)27)18-8-6-16(34-3)12-20(18)28/h5-12,14,23,32H,13H2,1-4H3,(H,30,37). The van der Waals surface area contributed by atoms with Crippen LogP contribution >= 0.6 is 12.2 Å². The van der Waals surface area contributed by atoms with Gasteiger partial charge in [-0.05, 0) is 30.2 Å². The summed E-state index contributed by atoms with van der Waals surface area (Å²) in [4.78, 5) is 16.6. The maximum absolute atomic E-state index is 15.1. The molecule has 1 heterocycles. The number of methoxy groups -OCH3 is 3. The minimum atomic E-state index is -0.989.